The number of nitrogen functional groups attached to an aromatic ring is 1. The van der Waals surface area contributed by atoms with Crippen molar-refractivity contribution >= 4 is 11.6 Å². The van der Waals surface area contributed by atoms with Crippen molar-refractivity contribution in [2.24, 2.45) is 7.05 Å². The molecule has 1 aliphatic rings. The van der Waals surface area contributed by atoms with Gasteiger partial charge in [-0.15, -0.1) is 0 Å². The number of rotatable bonds is 4. The van der Waals surface area contributed by atoms with Gasteiger partial charge in [-0.05, 0) is 31.9 Å². The number of carbonyl (C=O) groups is 1. The second kappa shape index (κ2) is 4.70. The van der Waals surface area contributed by atoms with Gasteiger partial charge in [0.2, 0.25) is 0 Å². The summed E-state index contributed by atoms with van der Waals surface area (Å²) in [5.41, 5.74) is 7.59. The van der Waals surface area contributed by atoms with Gasteiger partial charge in [0.05, 0.1) is 24.2 Å². The largest absolute Gasteiger partial charge is 0.467 e. The predicted molar refractivity (Wildman–Crippen MR) is 74.0 cm³/mol. The average Bonchev–Trinajstić information content (AvgIpc) is 3.05. The van der Waals surface area contributed by atoms with Crippen LogP contribution in [-0.4, -0.2) is 26.6 Å². The Labute approximate surface area is 117 Å². The van der Waals surface area contributed by atoms with Crippen LogP contribution in [0.4, 0.5) is 5.69 Å². The molecule has 0 unspecified atom stereocenters. The normalized spacial score (nSPS) is 14.5. The minimum atomic E-state index is -0.0792. The number of carbonyl (C=O) groups excluding carboxylic acids is 1. The van der Waals surface area contributed by atoms with Crippen LogP contribution < -0.4 is 5.73 Å². The first-order chi connectivity index (χ1) is 9.58. The number of amides is 1. The molecule has 0 atom stereocenters. The van der Waals surface area contributed by atoms with Crippen LogP contribution in [0.1, 0.15) is 34.8 Å². The molecule has 2 aromatic heterocycles. The SMILES string of the molecule is Cc1nn(C)c(C(=O)N(Cc2ccco2)C2CC2)c1N. The smallest absolute Gasteiger partial charge is 0.274 e. The molecule has 1 aliphatic carbocycles. The molecule has 0 aliphatic heterocycles. The van der Waals surface area contributed by atoms with Crippen LogP contribution in [0.2, 0.25) is 0 Å². The number of nitrogens with zero attached hydrogens (tertiary/aromatic N) is 3. The van der Waals surface area contributed by atoms with Crippen molar-refractivity contribution in [2.45, 2.75) is 32.4 Å². The minimum Gasteiger partial charge on any atom is -0.467 e. The van der Waals surface area contributed by atoms with E-state index >= 15 is 0 Å². The molecule has 6 heteroatoms. The molecule has 1 saturated carbocycles. The number of aryl methyl sites for hydroxylation is 2. The molecule has 20 heavy (non-hydrogen) atoms. The number of hydrogen-bond donors (Lipinski definition) is 1. The minimum absolute atomic E-state index is 0.0792. The van der Waals surface area contributed by atoms with Crippen molar-refractivity contribution in [3.8, 4) is 0 Å². The Bertz CT molecular complexity index is 626. The second-order valence-corrected chi connectivity index (χ2v) is 5.21. The molecular formula is C14H18N4O2. The Morgan fingerprint density at radius 3 is 2.85 bits per heavy atom. The highest BCUT2D eigenvalue weighted by molar-refractivity contribution is 5.98. The highest BCUT2D eigenvalue weighted by atomic mass is 16.3. The van der Waals surface area contributed by atoms with E-state index in [1.54, 1.807) is 24.9 Å². The van der Waals surface area contributed by atoms with E-state index < -0.39 is 0 Å². The molecule has 1 amide bonds. The monoisotopic (exact) mass is 274 g/mol. The highest BCUT2D eigenvalue weighted by Crippen LogP contribution is 2.31. The van der Waals surface area contributed by atoms with Gasteiger partial charge in [-0.3, -0.25) is 9.48 Å². The molecule has 3 rings (SSSR count). The van der Waals surface area contributed by atoms with Gasteiger partial charge in [0.1, 0.15) is 11.5 Å². The molecule has 2 aromatic rings. The van der Waals surface area contributed by atoms with Crippen LogP contribution in [-0.2, 0) is 13.6 Å². The molecule has 2 N–H and O–H groups in total. The van der Waals surface area contributed by atoms with Crippen LogP contribution in [0.25, 0.3) is 0 Å². The van der Waals surface area contributed by atoms with E-state index in [4.69, 9.17) is 10.2 Å². The fraction of sp³-hybridized carbons (Fsp3) is 0.429. The molecule has 0 saturated heterocycles. The number of aromatic nitrogens is 2. The van der Waals surface area contributed by atoms with Crippen molar-refractivity contribution in [1.82, 2.24) is 14.7 Å². The molecular weight excluding hydrogens is 256 g/mol. The predicted octanol–water partition coefficient (Wildman–Crippen LogP) is 1.71. The van der Waals surface area contributed by atoms with Crippen molar-refractivity contribution in [3.05, 3.63) is 35.5 Å². The van der Waals surface area contributed by atoms with Crippen LogP contribution >= 0.6 is 0 Å². The van der Waals surface area contributed by atoms with E-state index in [-0.39, 0.29) is 11.9 Å². The van der Waals surface area contributed by atoms with Gasteiger partial charge in [0, 0.05) is 13.1 Å². The Hall–Kier alpha value is -2.24. The number of furan rings is 1. The zero-order valence-electron chi connectivity index (χ0n) is 11.7. The van der Waals surface area contributed by atoms with E-state index in [0.717, 1.165) is 18.6 Å². The maximum atomic E-state index is 12.8. The van der Waals surface area contributed by atoms with Crippen molar-refractivity contribution in [2.75, 3.05) is 5.73 Å². The number of hydrogen-bond acceptors (Lipinski definition) is 4. The first-order valence-electron chi connectivity index (χ1n) is 6.70. The quantitative estimate of drug-likeness (QED) is 0.920. The van der Waals surface area contributed by atoms with Crippen LogP contribution in [0.3, 0.4) is 0 Å². The van der Waals surface area contributed by atoms with Gasteiger partial charge in [-0.2, -0.15) is 5.10 Å². The summed E-state index contributed by atoms with van der Waals surface area (Å²) in [7, 11) is 1.74. The molecule has 0 bridgehead atoms. The van der Waals surface area contributed by atoms with Gasteiger partial charge < -0.3 is 15.1 Å². The zero-order chi connectivity index (χ0) is 14.3. The van der Waals surface area contributed by atoms with Gasteiger partial charge in [-0.25, -0.2) is 0 Å². The molecule has 0 spiro atoms. The maximum absolute atomic E-state index is 12.8. The highest BCUT2D eigenvalue weighted by Gasteiger charge is 2.35. The van der Waals surface area contributed by atoms with Crippen molar-refractivity contribution in [3.63, 3.8) is 0 Å². The lowest BCUT2D eigenvalue weighted by Crippen LogP contribution is -2.34. The summed E-state index contributed by atoms with van der Waals surface area (Å²) < 4.78 is 6.91. The molecule has 6 nitrogen and oxygen atoms in total. The maximum Gasteiger partial charge on any atom is 0.274 e. The van der Waals surface area contributed by atoms with Gasteiger partial charge >= 0.3 is 0 Å². The van der Waals surface area contributed by atoms with E-state index in [1.807, 2.05) is 17.0 Å². The third-order valence-corrected chi connectivity index (χ3v) is 3.63. The third-order valence-electron chi connectivity index (χ3n) is 3.63. The molecule has 2 heterocycles. The lowest BCUT2D eigenvalue weighted by atomic mass is 10.2. The van der Waals surface area contributed by atoms with E-state index in [9.17, 15) is 4.79 Å². The summed E-state index contributed by atoms with van der Waals surface area (Å²) >= 11 is 0. The van der Waals surface area contributed by atoms with Gasteiger partial charge in [0.15, 0.2) is 0 Å². The topological polar surface area (TPSA) is 77.3 Å². The van der Waals surface area contributed by atoms with Crippen LogP contribution in [0, 0.1) is 6.92 Å². The van der Waals surface area contributed by atoms with Crippen LogP contribution in [0.15, 0.2) is 22.8 Å². The standard InChI is InChI=1S/C14H18N4O2/c1-9-12(15)13(17(2)16-9)14(19)18(10-5-6-10)8-11-4-3-7-20-11/h3-4,7,10H,5-6,8,15H2,1-2H3. The zero-order valence-corrected chi connectivity index (χ0v) is 11.7. The lowest BCUT2D eigenvalue weighted by Gasteiger charge is -2.21. The van der Waals surface area contributed by atoms with Crippen molar-refractivity contribution in [1.29, 1.82) is 0 Å². The Morgan fingerprint density at radius 2 is 2.35 bits per heavy atom. The van der Waals surface area contributed by atoms with Gasteiger partial charge in [-0.1, -0.05) is 0 Å². The van der Waals surface area contributed by atoms with Crippen molar-refractivity contribution < 1.29 is 9.21 Å². The van der Waals surface area contributed by atoms with E-state index in [0.29, 0.717) is 23.6 Å². The number of nitrogens with two attached hydrogens (primary N) is 1. The lowest BCUT2D eigenvalue weighted by molar-refractivity contribution is 0.0707. The summed E-state index contributed by atoms with van der Waals surface area (Å²) in [5.74, 6) is 0.701. The summed E-state index contributed by atoms with van der Waals surface area (Å²) in [6.07, 6.45) is 3.68. The first kappa shape index (κ1) is 12.8. The Balaban J connectivity index is 1.89. The first-order valence-corrected chi connectivity index (χ1v) is 6.70. The summed E-state index contributed by atoms with van der Waals surface area (Å²) in [6, 6.07) is 3.98. The fourth-order valence-electron chi connectivity index (χ4n) is 2.39. The Morgan fingerprint density at radius 1 is 1.60 bits per heavy atom. The molecule has 0 radical (unpaired) electrons. The molecule has 1 fully saturated rings. The van der Waals surface area contributed by atoms with E-state index in [2.05, 4.69) is 5.10 Å². The van der Waals surface area contributed by atoms with Crippen LogP contribution in [0.5, 0.6) is 0 Å². The summed E-state index contributed by atoms with van der Waals surface area (Å²) in [4.78, 5) is 14.6. The average molecular weight is 274 g/mol. The summed E-state index contributed by atoms with van der Waals surface area (Å²) in [5, 5.41) is 4.21. The fourth-order valence-corrected chi connectivity index (χ4v) is 2.39. The number of anilines is 1. The third kappa shape index (κ3) is 2.17. The summed E-state index contributed by atoms with van der Waals surface area (Å²) in [6.45, 7) is 2.28. The van der Waals surface area contributed by atoms with E-state index in [1.165, 1.54) is 0 Å². The Kier molecular flexibility index (Phi) is 3.00. The second-order valence-electron chi connectivity index (χ2n) is 5.21. The molecule has 106 valence electrons. The van der Waals surface area contributed by atoms with Gasteiger partial charge in [0.25, 0.3) is 5.91 Å². The molecule has 0 aromatic carbocycles.